The summed E-state index contributed by atoms with van der Waals surface area (Å²) >= 11 is 0. The summed E-state index contributed by atoms with van der Waals surface area (Å²) in [4.78, 5) is 20.5. The predicted molar refractivity (Wildman–Crippen MR) is 92.5 cm³/mol. The monoisotopic (exact) mass is 320 g/mol. The van der Waals surface area contributed by atoms with E-state index in [-0.39, 0.29) is 18.2 Å². The third-order valence-corrected chi connectivity index (χ3v) is 3.93. The number of carbonyl (C=O) groups is 1. The minimum Gasteiger partial charge on any atom is -0.444 e. The number of piperazine rings is 1. The normalized spacial score (nSPS) is 22.7. The van der Waals surface area contributed by atoms with E-state index in [1.54, 1.807) is 12.3 Å². The molecule has 3 aliphatic heterocycles. The third kappa shape index (κ3) is 3.86. The maximum absolute atomic E-state index is 12.2. The summed E-state index contributed by atoms with van der Waals surface area (Å²) in [5.74, 6) is 0.524. The number of nitrogen functional groups attached to an aromatic ring is 1. The van der Waals surface area contributed by atoms with Crippen LogP contribution in [-0.4, -0.2) is 46.8 Å². The van der Waals surface area contributed by atoms with E-state index in [1.807, 2.05) is 45.6 Å². The Morgan fingerprint density at radius 1 is 1.26 bits per heavy atom. The quantitative estimate of drug-likeness (QED) is 0.861. The van der Waals surface area contributed by atoms with Crippen molar-refractivity contribution in [3.05, 3.63) is 18.3 Å². The lowest BCUT2D eigenvalue weighted by molar-refractivity contribution is -0.0379. The molecular formula is C17H28N4O2. The van der Waals surface area contributed by atoms with Gasteiger partial charge in [0.2, 0.25) is 0 Å². The lowest BCUT2D eigenvalue weighted by atomic mass is 9.88. The third-order valence-electron chi connectivity index (χ3n) is 3.93. The molecule has 0 aliphatic carbocycles. The van der Waals surface area contributed by atoms with Gasteiger partial charge in [-0.25, -0.2) is 9.78 Å². The number of hydrogen-bond donors (Lipinski definition) is 1. The zero-order valence-corrected chi connectivity index (χ0v) is 14.7. The van der Waals surface area contributed by atoms with Crippen molar-refractivity contribution in [2.75, 3.05) is 23.7 Å². The van der Waals surface area contributed by atoms with Crippen LogP contribution in [-0.2, 0) is 4.74 Å². The largest absolute Gasteiger partial charge is 0.444 e. The van der Waals surface area contributed by atoms with Crippen LogP contribution in [0.5, 0.6) is 0 Å². The number of piperidine rings is 1. The Hall–Kier alpha value is -1.98. The average Bonchev–Trinajstić information content (AvgIpc) is 2.48. The summed E-state index contributed by atoms with van der Waals surface area (Å²) in [5, 5.41) is 0. The Balaban J connectivity index is 0.000000924. The van der Waals surface area contributed by atoms with Crippen molar-refractivity contribution < 1.29 is 9.53 Å². The first-order valence-corrected chi connectivity index (χ1v) is 8.31. The molecule has 23 heavy (non-hydrogen) atoms. The van der Waals surface area contributed by atoms with Crippen LogP contribution < -0.4 is 10.6 Å². The minimum absolute atomic E-state index is 0.196. The highest BCUT2D eigenvalue weighted by Crippen LogP contribution is 2.35. The fraction of sp³-hybridized carbons (Fsp3) is 0.647. The number of hydrogen-bond acceptors (Lipinski definition) is 5. The molecule has 2 unspecified atom stereocenters. The van der Waals surface area contributed by atoms with Gasteiger partial charge < -0.3 is 15.4 Å². The van der Waals surface area contributed by atoms with E-state index < -0.39 is 5.60 Å². The Bertz CT molecular complexity index is 527. The van der Waals surface area contributed by atoms with Gasteiger partial charge in [0.05, 0.1) is 24.0 Å². The predicted octanol–water partition coefficient (Wildman–Crippen LogP) is 2.89. The molecule has 2 atom stereocenters. The zero-order valence-electron chi connectivity index (χ0n) is 14.7. The molecule has 2 bridgehead atoms. The molecule has 1 aromatic rings. The molecule has 4 rings (SSSR count). The van der Waals surface area contributed by atoms with Gasteiger partial charge in [-0.15, -0.1) is 0 Å². The van der Waals surface area contributed by atoms with Gasteiger partial charge in [0.1, 0.15) is 11.4 Å². The summed E-state index contributed by atoms with van der Waals surface area (Å²) in [7, 11) is 0. The fourth-order valence-electron chi connectivity index (χ4n) is 3.02. The summed E-state index contributed by atoms with van der Waals surface area (Å²) in [6.07, 6.45) is 2.65. The molecule has 0 radical (unpaired) electrons. The Morgan fingerprint density at radius 2 is 1.87 bits per heavy atom. The number of rotatable bonds is 1. The number of aromatic nitrogens is 1. The smallest absolute Gasteiger partial charge is 0.410 e. The molecule has 128 valence electrons. The van der Waals surface area contributed by atoms with Gasteiger partial charge in [0, 0.05) is 13.1 Å². The van der Waals surface area contributed by atoms with Crippen LogP contribution >= 0.6 is 0 Å². The molecule has 1 amide bonds. The number of carbonyl (C=O) groups excluding carboxylic acids is 1. The molecule has 3 saturated heterocycles. The number of nitrogens with two attached hydrogens (primary N) is 1. The van der Waals surface area contributed by atoms with Crippen LogP contribution in [0.4, 0.5) is 16.3 Å². The summed E-state index contributed by atoms with van der Waals surface area (Å²) in [6, 6.07) is 4.25. The van der Waals surface area contributed by atoms with Crippen molar-refractivity contribution >= 4 is 17.6 Å². The lowest BCUT2D eigenvalue weighted by Crippen LogP contribution is -2.70. The van der Waals surface area contributed by atoms with E-state index in [2.05, 4.69) is 9.88 Å². The highest BCUT2D eigenvalue weighted by atomic mass is 16.6. The van der Waals surface area contributed by atoms with E-state index in [4.69, 9.17) is 10.5 Å². The van der Waals surface area contributed by atoms with Gasteiger partial charge >= 0.3 is 6.09 Å². The van der Waals surface area contributed by atoms with Crippen LogP contribution in [0.2, 0.25) is 0 Å². The molecule has 6 nitrogen and oxygen atoms in total. The SMILES string of the molecule is CC.CC(C)(C)OC(=O)N1C2CC1CN(c1ccc(N)nc1)C2. The Kier molecular flexibility index (Phi) is 5.02. The summed E-state index contributed by atoms with van der Waals surface area (Å²) in [6.45, 7) is 11.3. The Morgan fingerprint density at radius 3 is 2.35 bits per heavy atom. The molecular weight excluding hydrogens is 292 g/mol. The van der Waals surface area contributed by atoms with E-state index in [9.17, 15) is 4.79 Å². The van der Waals surface area contributed by atoms with Crippen molar-refractivity contribution in [2.45, 2.75) is 58.7 Å². The number of pyridine rings is 1. The van der Waals surface area contributed by atoms with Crippen molar-refractivity contribution in [1.82, 2.24) is 9.88 Å². The average molecular weight is 320 g/mol. The molecule has 0 saturated carbocycles. The first-order valence-electron chi connectivity index (χ1n) is 8.31. The van der Waals surface area contributed by atoms with Gasteiger partial charge in [0.15, 0.2) is 0 Å². The van der Waals surface area contributed by atoms with Crippen LogP contribution in [0.25, 0.3) is 0 Å². The van der Waals surface area contributed by atoms with Crippen molar-refractivity contribution in [1.29, 1.82) is 0 Å². The van der Waals surface area contributed by atoms with Crippen LogP contribution in [0.1, 0.15) is 41.0 Å². The van der Waals surface area contributed by atoms with E-state index in [0.29, 0.717) is 5.82 Å². The standard InChI is InChI=1S/C15H22N4O2.C2H6/c1-15(2,3)21-14(20)19-11-6-12(19)9-18(8-11)10-4-5-13(16)17-7-10;1-2/h4-5,7,11-12H,6,8-9H2,1-3H3,(H2,16,17);1-2H3. The number of fused-ring (bicyclic) bond motifs is 2. The molecule has 3 aliphatic rings. The summed E-state index contributed by atoms with van der Waals surface area (Å²) in [5.41, 5.74) is 6.23. The minimum atomic E-state index is -0.443. The number of nitrogens with zero attached hydrogens (tertiary/aromatic N) is 3. The second kappa shape index (κ2) is 6.64. The first-order chi connectivity index (χ1) is 10.8. The van der Waals surface area contributed by atoms with Crippen molar-refractivity contribution in [3.8, 4) is 0 Å². The first kappa shape index (κ1) is 17.4. The van der Waals surface area contributed by atoms with Gasteiger partial charge in [-0.2, -0.15) is 0 Å². The fourth-order valence-corrected chi connectivity index (χ4v) is 3.02. The molecule has 1 aromatic heterocycles. The van der Waals surface area contributed by atoms with Crippen molar-refractivity contribution in [3.63, 3.8) is 0 Å². The van der Waals surface area contributed by atoms with E-state index in [1.165, 1.54) is 0 Å². The Labute approximate surface area is 138 Å². The lowest BCUT2D eigenvalue weighted by Gasteiger charge is -2.56. The van der Waals surface area contributed by atoms with Crippen molar-refractivity contribution in [2.24, 2.45) is 0 Å². The van der Waals surface area contributed by atoms with Gasteiger partial charge in [-0.05, 0) is 39.3 Å². The summed E-state index contributed by atoms with van der Waals surface area (Å²) < 4.78 is 5.47. The second-order valence-corrected chi connectivity index (χ2v) is 6.78. The zero-order chi connectivity index (χ0) is 17.2. The van der Waals surface area contributed by atoms with Crippen LogP contribution in [0.3, 0.4) is 0 Å². The van der Waals surface area contributed by atoms with E-state index >= 15 is 0 Å². The highest BCUT2D eigenvalue weighted by Gasteiger charge is 2.48. The topological polar surface area (TPSA) is 71.7 Å². The van der Waals surface area contributed by atoms with Crippen LogP contribution in [0.15, 0.2) is 18.3 Å². The molecule has 3 fully saturated rings. The molecule has 2 N–H and O–H groups in total. The van der Waals surface area contributed by atoms with Crippen LogP contribution in [0, 0.1) is 0 Å². The number of ether oxygens (including phenoxy) is 1. The van der Waals surface area contributed by atoms with Gasteiger partial charge in [0.25, 0.3) is 0 Å². The van der Waals surface area contributed by atoms with Gasteiger partial charge in [-0.1, -0.05) is 13.8 Å². The van der Waals surface area contributed by atoms with Gasteiger partial charge in [-0.3, -0.25) is 4.90 Å². The molecule has 6 heteroatoms. The molecule has 4 heterocycles. The van der Waals surface area contributed by atoms with E-state index in [0.717, 1.165) is 25.2 Å². The molecule has 0 spiro atoms. The molecule has 0 aromatic carbocycles. The second-order valence-electron chi connectivity index (χ2n) is 6.78. The maximum Gasteiger partial charge on any atom is 0.410 e. The number of anilines is 2. The maximum atomic E-state index is 12.2. The highest BCUT2D eigenvalue weighted by molar-refractivity contribution is 5.71. The number of amides is 1.